The van der Waals surface area contributed by atoms with Gasteiger partial charge in [0.05, 0.1) is 6.04 Å². The number of hydrogen-bond donors (Lipinski definition) is 2. The number of hydrogen-bond acceptors (Lipinski definition) is 3. The van der Waals surface area contributed by atoms with Gasteiger partial charge in [0, 0.05) is 25.7 Å². The summed E-state index contributed by atoms with van der Waals surface area (Å²) in [6, 6.07) is 10.4. The van der Waals surface area contributed by atoms with Crippen LogP contribution in [0.3, 0.4) is 0 Å². The first kappa shape index (κ1) is 19.9. The summed E-state index contributed by atoms with van der Waals surface area (Å²) in [4.78, 5) is 14.6. The molecule has 2 rings (SSSR count). The second kappa shape index (κ2) is 8.67. The number of likely N-dealkylation sites (tertiary alicyclic amines) is 1. The van der Waals surface area contributed by atoms with Crippen LogP contribution >= 0.6 is 12.4 Å². The number of halogens is 1. The maximum absolute atomic E-state index is 12.3. The third-order valence-corrected chi connectivity index (χ3v) is 4.82. The molecule has 0 bridgehead atoms. The second-order valence-corrected chi connectivity index (χ2v) is 7.06. The normalized spacial score (nSPS) is 22.0. The second-order valence-electron chi connectivity index (χ2n) is 7.06. The van der Waals surface area contributed by atoms with Crippen LogP contribution in [0.2, 0.25) is 0 Å². The fourth-order valence-corrected chi connectivity index (χ4v) is 3.03. The van der Waals surface area contributed by atoms with E-state index in [0.717, 1.165) is 25.9 Å². The van der Waals surface area contributed by atoms with Gasteiger partial charge >= 0.3 is 0 Å². The standard InChI is InChI=1S/C18H29N3O.ClH/c1-14(21-12-10-16(19)18(2,3)13-21)17(22)20-11-9-15-7-5-4-6-8-15;/h4-8,14,16H,9-13,19H2,1-3H3,(H,20,22);1H. The van der Waals surface area contributed by atoms with E-state index in [9.17, 15) is 4.79 Å². The molecule has 5 heteroatoms. The zero-order valence-electron chi connectivity index (χ0n) is 14.4. The molecule has 2 unspecified atom stereocenters. The van der Waals surface area contributed by atoms with Gasteiger partial charge in [0.15, 0.2) is 0 Å². The number of benzene rings is 1. The number of piperidine rings is 1. The molecule has 1 fully saturated rings. The van der Waals surface area contributed by atoms with E-state index in [1.54, 1.807) is 0 Å². The Balaban J connectivity index is 0.00000264. The van der Waals surface area contributed by atoms with Crippen LogP contribution in [0, 0.1) is 5.41 Å². The lowest BCUT2D eigenvalue weighted by Gasteiger charge is -2.44. The predicted molar refractivity (Wildman–Crippen MR) is 97.8 cm³/mol. The van der Waals surface area contributed by atoms with Crippen molar-refractivity contribution in [2.45, 2.75) is 45.7 Å². The van der Waals surface area contributed by atoms with Crippen LogP contribution in [0.15, 0.2) is 30.3 Å². The molecule has 1 aromatic carbocycles. The van der Waals surface area contributed by atoms with Gasteiger partial charge in [0.1, 0.15) is 0 Å². The molecule has 0 aromatic heterocycles. The predicted octanol–water partition coefficient (Wildman–Crippen LogP) is 2.21. The number of amides is 1. The molecule has 1 heterocycles. The molecule has 0 aliphatic carbocycles. The van der Waals surface area contributed by atoms with E-state index in [2.05, 4.69) is 36.2 Å². The Bertz CT molecular complexity index is 492. The molecule has 0 spiro atoms. The third-order valence-electron chi connectivity index (χ3n) is 4.82. The minimum Gasteiger partial charge on any atom is -0.354 e. The number of nitrogens with two attached hydrogens (primary N) is 1. The molecule has 0 radical (unpaired) electrons. The highest BCUT2D eigenvalue weighted by Crippen LogP contribution is 2.28. The minimum atomic E-state index is -0.0949. The molecule has 3 N–H and O–H groups in total. The number of carbonyl (C=O) groups is 1. The number of nitrogens with zero attached hydrogens (tertiary/aromatic N) is 1. The average Bonchev–Trinajstić information content (AvgIpc) is 2.50. The molecule has 1 aliphatic heterocycles. The van der Waals surface area contributed by atoms with Gasteiger partial charge in [0.2, 0.25) is 5.91 Å². The van der Waals surface area contributed by atoms with Crippen molar-refractivity contribution in [1.82, 2.24) is 10.2 Å². The van der Waals surface area contributed by atoms with Gasteiger partial charge in [-0.3, -0.25) is 9.69 Å². The summed E-state index contributed by atoms with van der Waals surface area (Å²) in [6.07, 6.45) is 1.82. The lowest BCUT2D eigenvalue weighted by molar-refractivity contribution is -0.127. The number of carbonyl (C=O) groups excluding carboxylic acids is 1. The van der Waals surface area contributed by atoms with Gasteiger partial charge in [-0.05, 0) is 30.7 Å². The highest BCUT2D eigenvalue weighted by atomic mass is 35.5. The van der Waals surface area contributed by atoms with Crippen molar-refractivity contribution < 1.29 is 4.79 Å². The fourth-order valence-electron chi connectivity index (χ4n) is 3.03. The highest BCUT2D eigenvalue weighted by Gasteiger charge is 2.36. The van der Waals surface area contributed by atoms with Gasteiger partial charge in [0.25, 0.3) is 0 Å². The van der Waals surface area contributed by atoms with Crippen molar-refractivity contribution in [3.8, 4) is 0 Å². The zero-order chi connectivity index (χ0) is 16.2. The smallest absolute Gasteiger partial charge is 0.237 e. The summed E-state index contributed by atoms with van der Waals surface area (Å²) in [5, 5.41) is 3.05. The molecule has 0 saturated carbocycles. The van der Waals surface area contributed by atoms with Crippen molar-refractivity contribution in [1.29, 1.82) is 0 Å². The van der Waals surface area contributed by atoms with E-state index < -0.39 is 0 Å². The van der Waals surface area contributed by atoms with Crippen molar-refractivity contribution in [2.75, 3.05) is 19.6 Å². The van der Waals surface area contributed by atoms with E-state index in [1.807, 2.05) is 25.1 Å². The quantitative estimate of drug-likeness (QED) is 0.864. The summed E-state index contributed by atoms with van der Waals surface area (Å²) >= 11 is 0. The van der Waals surface area contributed by atoms with Gasteiger partial charge in [-0.25, -0.2) is 0 Å². The molecule has 23 heavy (non-hydrogen) atoms. The molecular formula is C18H30ClN3O. The Hall–Kier alpha value is -1.10. The van der Waals surface area contributed by atoms with Gasteiger partial charge < -0.3 is 11.1 Å². The topological polar surface area (TPSA) is 58.4 Å². The molecule has 1 amide bonds. The lowest BCUT2D eigenvalue weighted by atomic mass is 9.79. The van der Waals surface area contributed by atoms with Gasteiger partial charge in [-0.15, -0.1) is 12.4 Å². The van der Waals surface area contributed by atoms with Crippen LogP contribution in [0.1, 0.15) is 32.8 Å². The average molecular weight is 340 g/mol. The Kier molecular flexibility index (Phi) is 7.52. The largest absolute Gasteiger partial charge is 0.354 e. The van der Waals surface area contributed by atoms with E-state index >= 15 is 0 Å². The SMILES string of the molecule is CC(C(=O)NCCc1ccccc1)N1CCC(N)C(C)(C)C1.Cl. The first-order valence-electron chi connectivity index (χ1n) is 8.21. The fraction of sp³-hybridized carbons (Fsp3) is 0.611. The van der Waals surface area contributed by atoms with E-state index in [1.165, 1.54) is 5.56 Å². The molecule has 1 aliphatic rings. The molecule has 1 saturated heterocycles. The molecule has 130 valence electrons. The Labute approximate surface area is 146 Å². The number of nitrogens with one attached hydrogen (secondary N) is 1. The van der Waals surface area contributed by atoms with Crippen LogP contribution in [-0.4, -0.2) is 42.5 Å². The molecule has 4 nitrogen and oxygen atoms in total. The van der Waals surface area contributed by atoms with Crippen LogP contribution in [0.5, 0.6) is 0 Å². The van der Waals surface area contributed by atoms with Gasteiger partial charge in [-0.1, -0.05) is 44.2 Å². The summed E-state index contributed by atoms with van der Waals surface area (Å²) in [5.74, 6) is 0.113. The lowest BCUT2D eigenvalue weighted by Crippen LogP contribution is -2.57. The van der Waals surface area contributed by atoms with E-state index in [4.69, 9.17) is 5.73 Å². The summed E-state index contributed by atoms with van der Waals surface area (Å²) in [6.45, 7) is 8.82. The van der Waals surface area contributed by atoms with Crippen LogP contribution in [0.25, 0.3) is 0 Å². The first-order valence-corrected chi connectivity index (χ1v) is 8.21. The van der Waals surface area contributed by atoms with Crippen LogP contribution in [-0.2, 0) is 11.2 Å². The molecule has 2 atom stereocenters. The van der Waals surface area contributed by atoms with Crippen molar-refractivity contribution in [2.24, 2.45) is 11.1 Å². The number of rotatable bonds is 5. The zero-order valence-corrected chi connectivity index (χ0v) is 15.2. The first-order chi connectivity index (χ1) is 10.4. The Morgan fingerprint density at radius 2 is 2.04 bits per heavy atom. The highest BCUT2D eigenvalue weighted by molar-refractivity contribution is 5.85. The summed E-state index contributed by atoms with van der Waals surface area (Å²) in [5.41, 5.74) is 7.49. The maximum Gasteiger partial charge on any atom is 0.237 e. The minimum absolute atomic E-state index is 0. The summed E-state index contributed by atoms with van der Waals surface area (Å²) in [7, 11) is 0. The van der Waals surface area contributed by atoms with E-state index in [0.29, 0.717) is 6.54 Å². The molecule has 1 aromatic rings. The van der Waals surface area contributed by atoms with E-state index in [-0.39, 0.29) is 35.8 Å². The maximum atomic E-state index is 12.3. The van der Waals surface area contributed by atoms with Crippen molar-refractivity contribution in [3.63, 3.8) is 0 Å². The molecular weight excluding hydrogens is 310 g/mol. The van der Waals surface area contributed by atoms with Crippen LogP contribution in [0.4, 0.5) is 0 Å². The summed E-state index contributed by atoms with van der Waals surface area (Å²) < 4.78 is 0. The Morgan fingerprint density at radius 3 is 2.65 bits per heavy atom. The Morgan fingerprint density at radius 1 is 1.39 bits per heavy atom. The monoisotopic (exact) mass is 339 g/mol. The van der Waals surface area contributed by atoms with Crippen molar-refractivity contribution >= 4 is 18.3 Å². The van der Waals surface area contributed by atoms with Gasteiger partial charge in [-0.2, -0.15) is 0 Å². The van der Waals surface area contributed by atoms with Crippen molar-refractivity contribution in [3.05, 3.63) is 35.9 Å². The third kappa shape index (κ3) is 5.48. The van der Waals surface area contributed by atoms with Crippen LogP contribution < -0.4 is 11.1 Å².